The summed E-state index contributed by atoms with van der Waals surface area (Å²) in [5.41, 5.74) is 1.63. The number of hydrogen-bond acceptors (Lipinski definition) is 0. The summed E-state index contributed by atoms with van der Waals surface area (Å²) in [7, 11) is 0. The van der Waals surface area contributed by atoms with Crippen LogP contribution in [0.25, 0.3) is 0 Å². The Labute approximate surface area is 166 Å². The Bertz CT molecular complexity index is 469. The fourth-order valence-corrected chi connectivity index (χ4v) is 9.06. The fraction of sp³-hybridized carbons (Fsp3) is 1.00. The average Bonchev–Trinajstić information content (AvgIpc) is 2.59. The lowest BCUT2D eigenvalue weighted by Crippen LogP contribution is -2.61. The first-order valence-corrected chi connectivity index (χ1v) is 12.3. The van der Waals surface area contributed by atoms with E-state index in [4.69, 9.17) is 0 Å². The minimum atomic E-state index is 0. The molecule has 2 spiro atoms. The van der Waals surface area contributed by atoms with Crippen LogP contribution in [-0.4, -0.2) is 0 Å². The van der Waals surface area contributed by atoms with Crippen LogP contribution in [0.15, 0.2) is 0 Å². The molecule has 0 aromatic heterocycles. The number of fused-ring (bicyclic) bond motifs is 7. The summed E-state index contributed by atoms with van der Waals surface area (Å²) in [6, 6.07) is 0. The molecule has 6 rings (SSSR count). The molecule has 0 aromatic carbocycles. The van der Waals surface area contributed by atoms with Crippen molar-refractivity contribution in [2.75, 3.05) is 0 Å². The molecule has 0 saturated heterocycles. The van der Waals surface area contributed by atoms with E-state index in [2.05, 4.69) is 0 Å². The molecule has 0 aliphatic heterocycles. The smallest absolute Gasteiger partial charge is 0.0210 e. The Morgan fingerprint density at radius 2 is 1.19 bits per heavy atom. The van der Waals surface area contributed by atoms with Gasteiger partial charge in [-0.15, -0.1) is 0 Å². The van der Waals surface area contributed by atoms with E-state index in [-0.39, 0.29) is 9.90 Å². The van der Waals surface area contributed by atoms with Crippen LogP contribution in [0.3, 0.4) is 0 Å². The fourth-order valence-electron chi connectivity index (χ4n) is 9.06. The molecule has 0 amide bonds. The quantitative estimate of drug-likeness (QED) is 0.376. The van der Waals surface area contributed by atoms with Crippen LogP contribution in [0.5, 0.6) is 0 Å². The Hall–Kier alpha value is 0.430. The summed E-state index contributed by atoms with van der Waals surface area (Å²) in [6.07, 6.45) is 30.3. The standard InChI is InChI=1S/C25H42.H3P/c1-2-8-20-12-13-23-19-24-15-6-4-11-22(14-17-24)21(9-3-1)10-5-7-16-25(23,24)18-20;/h20-23H,1-19H2;1H3. The third kappa shape index (κ3) is 3.23. The van der Waals surface area contributed by atoms with Crippen LogP contribution in [0, 0.1) is 34.5 Å². The Kier molecular flexibility index (Phi) is 6.11. The van der Waals surface area contributed by atoms with Gasteiger partial charge in [-0.1, -0.05) is 77.0 Å². The Balaban J connectivity index is 0.00000168. The lowest BCUT2D eigenvalue weighted by Gasteiger charge is -2.70. The van der Waals surface area contributed by atoms with Gasteiger partial charge in [-0.25, -0.2) is 0 Å². The Morgan fingerprint density at radius 3 is 2.04 bits per heavy atom. The molecular weight excluding hydrogens is 331 g/mol. The average molecular weight is 377 g/mol. The van der Waals surface area contributed by atoms with Crippen LogP contribution in [0.2, 0.25) is 0 Å². The van der Waals surface area contributed by atoms with Gasteiger partial charge in [0.1, 0.15) is 0 Å². The zero-order valence-corrected chi connectivity index (χ0v) is 18.9. The molecule has 0 N–H and O–H groups in total. The lowest BCUT2D eigenvalue weighted by molar-refractivity contribution is -0.203. The van der Waals surface area contributed by atoms with Crippen LogP contribution in [0.4, 0.5) is 0 Å². The minimum Gasteiger partial charge on any atom is -0.153 e. The molecule has 26 heavy (non-hydrogen) atoms. The first-order valence-electron chi connectivity index (χ1n) is 12.3. The monoisotopic (exact) mass is 376 g/mol. The van der Waals surface area contributed by atoms with Gasteiger partial charge in [-0.2, -0.15) is 9.90 Å². The largest absolute Gasteiger partial charge is 0.153 e. The van der Waals surface area contributed by atoms with Crippen molar-refractivity contribution in [3.05, 3.63) is 0 Å². The normalized spacial score (nSPS) is 48.9. The first-order chi connectivity index (χ1) is 12.3. The highest BCUT2D eigenvalue weighted by Crippen LogP contribution is 2.74. The third-order valence-corrected chi connectivity index (χ3v) is 10.3. The van der Waals surface area contributed by atoms with E-state index >= 15 is 0 Å². The van der Waals surface area contributed by atoms with E-state index in [9.17, 15) is 0 Å². The van der Waals surface area contributed by atoms with Gasteiger partial charge in [0.15, 0.2) is 0 Å². The zero-order valence-electron chi connectivity index (χ0n) is 17.5. The highest BCUT2D eigenvalue weighted by Gasteiger charge is 2.64. The SMILES string of the molecule is C1CCC2CCC3CC45CCCCC(CC4)C(CC1)CCCCC35C2.P. The third-order valence-electron chi connectivity index (χ3n) is 10.3. The van der Waals surface area contributed by atoms with Crippen LogP contribution in [0.1, 0.15) is 122 Å². The second-order valence-electron chi connectivity index (χ2n) is 11.2. The topological polar surface area (TPSA) is 0 Å². The van der Waals surface area contributed by atoms with Crippen molar-refractivity contribution in [3.63, 3.8) is 0 Å². The molecule has 6 saturated carbocycles. The minimum absolute atomic E-state index is 0. The van der Waals surface area contributed by atoms with Gasteiger partial charge in [-0.3, -0.25) is 0 Å². The van der Waals surface area contributed by atoms with Crippen LogP contribution < -0.4 is 0 Å². The molecule has 6 aliphatic carbocycles. The van der Waals surface area contributed by atoms with Gasteiger partial charge in [0, 0.05) is 0 Å². The summed E-state index contributed by atoms with van der Waals surface area (Å²) in [4.78, 5) is 0. The van der Waals surface area contributed by atoms with Crippen LogP contribution >= 0.6 is 9.90 Å². The second-order valence-corrected chi connectivity index (χ2v) is 11.2. The summed E-state index contributed by atoms with van der Waals surface area (Å²) < 4.78 is 0. The second kappa shape index (κ2) is 8.05. The van der Waals surface area contributed by atoms with Crippen molar-refractivity contribution in [2.45, 2.75) is 122 Å². The molecule has 0 aromatic rings. The molecule has 6 fully saturated rings. The molecule has 150 valence electrons. The lowest BCUT2D eigenvalue weighted by atomic mass is 9.35. The van der Waals surface area contributed by atoms with Gasteiger partial charge in [0.05, 0.1) is 0 Å². The van der Waals surface area contributed by atoms with Crippen molar-refractivity contribution in [2.24, 2.45) is 34.5 Å². The van der Waals surface area contributed by atoms with Crippen molar-refractivity contribution in [1.82, 2.24) is 0 Å². The highest BCUT2D eigenvalue weighted by atomic mass is 31.0. The molecule has 7 atom stereocenters. The molecule has 0 nitrogen and oxygen atoms in total. The molecule has 1 heteroatoms. The van der Waals surface area contributed by atoms with Crippen molar-refractivity contribution in [1.29, 1.82) is 0 Å². The van der Waals surface area contributed by atoms with E-state index in [0.717, 1.165) is 34.5 Å². The van der Waals surface area contributed by atoms with E-state index < -0.39 is 0 Å². The van der Waals surface area contributed by atoms with Gasteiger partial charge < -0.3 is 0 Å². The van der Waals surface area contributed by atoms with Gasteiger partial charge in [0.25, 0.3) is 0 Å². The number of rotatable bonds is 0. The van der Waals surface area contributed by atoms with Crippen molar-refractivity contribution in [3.8, 4) is 0 Å². The molecule has 0 heterocycles. The maximum atomic E-state index is 1.66. The van der Waals surface area contributed by atoms with Gasteiger partial charge in [-0.05, 0) is 79.4 Å². The maximum Gasteiger partial charge on any atom is -0.0210 e. The molecule has 5 bridgehead atoms. The predicted octanol–water partition coefficient (Wildman–Crippen LogP) is 7.96. The summed E-state index contributed by atoms with van der Waals surface area (Å²) in [6.45, 7) is 0. The molecule has 6 aliphatic rings. The van der Waals surface area contributed by atoms with E-state index in [0.29, 0.717) is 0 Å². The van der Waals surface area contributed by atoms with Crippen LogP contribution in [-0.2, 0) is 0 Å². The maximum absolute atomic E-state index is 1.66. The zero-order chi connectivity index (χ0) is 16.7. The highest BCUT2D eigenvalue weighted by molar-refractivity contribution is 6.92. The first kappa shape index (κ1) is 19.7. The Morgan fingerprint density at radius 1 is 0.500 bits per heavy atom. The number of hydrogen-bond donors (Lipinski definition) is 0. The van der Waals surface area contributed by atoms with Crippen molar-refractivity contribution < 1.29 is 0 Å². The van der Waals surface area contributed by atoms with Gasteiger partial charge >= 0.3 is 0 Å². The van der Waals surface area contributed by atoms with Gasteiger partial charge in [0.2, 0.25) is 0 Å². The summed E-state index contributed by atoms with van der Waals surface area (Å²) in [5, 5.41) is 0. The molecule has 7 unspecified atom stereocenters. The van der Waals surface area contributed by atoms with E-state index in [1.807, 2.05) is 0 Å². The molecular formula is C25H45P. The summed E-state index contributed by atoms with van der Waals surface area (Å²) >= 11 is 0. The molecule has 0 radical (unpaired) electrons. The van der Waals surface area contributed by atoms with Crippen molar-refractivity contribution >= 4 is 9.90 Å². The van der Waals surface area contributed by atoms with E-state index in [1.54, 1.807) is 122 Å². The predicted molar refractivity (Wildman–Crippen MR) is 118 cm³/mol. The van der Waals surface area contributed by atoms with E-state index in [1.165, 1.54) is 0 Å². The summed E-state index contributed by atoms with van der Waals surface area (Å²) in [5.74, 6) is 4.45.